The number of likely N-dealkylation sites (N-methyl/N-ethyl adjacent to an activating group) is 1. The minimum atomic E-state index is -1.63. The Balaban J connectivity index is 1.69. The fraction of sp³-hybridized carbons (Fsp3) is 0.348. The molecule has 0 saturated carbocycles. The normalized spacial score (nSPS) is 23.8. The zero-order chi connectivity index (χ0) is 27.0. The number of aliphatic hydroxyl groups is 2. The largest absolute Gasteiger partial charge is 0.394 e. The van der Waals surface area contributed by atoms with E-state index in [9.17, 15) is 28.2 Å². The fourth-order valence-corrected chi connectivity index (χ4v) is 4.72. The molecule has 0 radical (unpaired) electrons. The molecule has 1 aromatic heterocycles. The highest BCUT2D eigenvalue weighted by atomic mass is 35.5. The van der Waals surface area contributed by atoms with Gasteiger partial charge < -0.3 is 24.6 Å². The van der Waals surface area contributed by atoms with Gasteiger partial charge in [-0.05, 0) is 30.3 Å². The number of ether oxygens (including phenoxy) is 2. The third-order valence-corrected chi connectivity index (χ3v) is 6.62. The lowest BCUT2D eigenvalue weighted by molar-refractivity contribution is -0.211. The molecular weight excluding hydrogens is 540 g/mol. The molecule has 14 heteroatoms. The maximum absolute atomic E-state index is 13.7. The number of hydrogen-bond acceptors (Lipinski definition) is 7. The van der Waals surface area contributed by atoms with Gasteiger partial charge in [0.05, 0.1) is 23.5 Å². The van der Waals surface area contributed by atoms with E-state index < -0.39 is 60.4 Å². The van der Waals surface area contributed by atoms with Gasteiger partial charge in [-0.3, -0.25) is 4.79 Å². The van der Waals surface area contributed by atoms with E-state index in [1.54, 1.807) is 6.07 Å². The Morgan fingerprint density at radius 3 is 2.49 bits per heavy atom. The first kappa shape index (κ1) is 27.3. The number of benzene rings is 2. The highest BCUT2D eigenvalue weighted by Crippen LogP contribution is 2.35. The molecule has 5 atom stereocenters. The van der Waals surface area contributed by atoms with Gasteiger partial charge in [0, 0.05) is 24.7 Å². The summed E-state index contributed by atoms with van der Waals surface area (Å²) in [6.45, 7) is -0.654. The van der Waals surface area contributed by atoms with Crippen LogP contribution in [0.1, 0.15) is 6.04 Å². The molecule has 1 amide bonds. The fourth-order valence-electron chi connectivity index (χ4n) is 4.18. The van der Waals surface area contributed by atoms with Gasteiger partial charge in [-0.25, -0.2) is 17.9 Å². The maximum Gasteiger partial charge on any atom is 0.258 e. The molecule has 2 aromatic carbocycles. The van der Waals surface area contributed by atoms with E-state index in [4.69, 9.17) is 32.7 Å². The average Bonchev–Trinajstić information content (AvgIpc) is 3.35. The van der Waals surface area contributed by atoms with Crippen LogP contribution >= 0.6 is 23.2 Å². The van der Waals surface area contributed by atoms with Gasteiger partial charge >= 0.3 is 0 Å². The van der Waals surface area contributed by atoms with Gasteiger partial charge in [-0.1, -0.05) is 28.4 Å². The first-order chi connectivity index (χ1) is 17.6. The van der Waals surface area contributed by atoms with Crippen LogP contribution in [0.3, 0.4) is 0 Å². The van der Waals surface area contributed by atoms with E-state index in [1.165, 1.54) is 37.4 Å². The van der Waals surface area contributed by atoms with Crippen molar-refractivity contribution in [3.8, 4) is 11.3 Å². The van der Waals surface area contributed by atoms with Gasteiger partial charge in [-0.15, -0.1) is 5.10 Å². The number of methoxy groups -OCH3 is 1. The molecule has 0 bridgehead atoms. The molecule has 9 nitrogen and oxygen atoms in total. The lowest BCUT2D eigenvalue weighted by atomic mass is 9.91. The van der Waals surface area contributed by atoms with Crippen LogP contribution in [0.5, 0.6) is 0 Å². The molecule has 0 spiro atoms. The summed E-state index contributed by atoms with van der Waals surface area (Å²) in [5, 5.41) is 29.1. The SMILES string of the molecule is CO[C@@H]1[C@@H](n2cc(-c3cc(F)c(F)c(F)c3)nn2)[C@@H](O)[C@@H](CO)O[C@H]1C(=O)N(C)c1ccc(Cl)cc1Cl. The monoisotopic (exact) mass is 560 g/mol. The van der Waals surface area contributed by atoms with Crippen molar-refractivity contribution in [1.82, 2.24) is 15.0 Å². The highest BCUT2D eigenvalue weighted by Gasteiger charge is 2.50. The van der Waals surface area contributed by atoms with Crippen molar-refractivity contribution in [3.63, 3.8) is 0 Å². The molecule has 1 fully saturated rings. The number of carbonyl (C=O) groups is 1. The number of amides is 1. The van der Waals surface area contributed by atoms with Crippen LogP contribution in [-0.2, 0) is 14.3 Å². The third kappa shape index (κ3) is 5.17. The smallest absolute Gasteiger partial charge is 0.258 e. The second-order valence-electron chi connectivity index (χ2n) is 8.29. The Hall–Kier alpha value is -2.74. The van der Waals surface area contributed by atoms with Crippen molar-refractivity contribution in [3.05, 3.63) is 64.0 Å². The summed E-state index contributed by atoms with van der Waals surface area (Å²) in [6.07, 6.45) is -3.92. The first-order valence-electron chi connectivity index (χ1n) is 10.8. The Morgan fingerprint density at radius 2 is 1.89 bits per heavy atom. The maximum atomic E-state index is 13.7. The number of carbonyl (C=O) groups excluding carboxylic acids is 1. The van der Waals surface area contributed by atoms with Crippen molar-refractivity contribution in [2.24, 2.45) is 0 Å². The van der Waals surface area contributed by atoms with Crippen LogP contribution in [0.25, 0.3) is 11.3 Å². The van der Waals surface area contributed by atoms with Gasteiger partial charge in [0.15, 0.2) is 23.6 Å². The summed E-state index contributed by atoms with van der Waals surface area (Å²) in [7, 11) is 2.73. The van der Waals surface area contributed by atoms with E-state index in [2.05, 4.69) is 10.3 Å². The standard InChI is InChI=1S/C23H21Cl2F3N4O5/c1-31(16-4-3-11(24)7-12(16)25)23(35)22-21(36-2)19(20(34)17(9-33)37-22)32-8-15(29-30-32)10-5-13(26)18(28)14(27)6-10/h3-8,17,19-22,33-34H,9H2,1-2H3/t17-,19+,20+,21-,22-/m1/s1. The van der Waals surface area contributed by atoms with Crippen molar-refractivity contribution < 1.29 is 37.7 Å². The van der Waals surface area contributed by atoms with Gasteiger partial charge in [-0.2, -0.15) is 0 Å². The summed E-state index contributed by atoms with van der Waals surface area (Å²) in [6, 6.07) is 4.90. The quantitative estimate of drug-likeness (QED) is 0.446. The minimum Gasteiger partial charge on any atom is -0.394 e. The molecule has 2 N–H and O–H groups in total. The van der Waals surface area contributed by atoms with Crippen molar-refractivity contribution >= 4 is 34.8 Å². The number of halogens is 5. The number of anilines is 1. The van der Waals surface area contributed by atoms with Gasteiger partial charge in [0.25, 0.3) is 5.91 Å². The van der Waals surface area contributed by atoms with Crippen molar-refractivity contribution in [2.45, 2.75) is 30.5 Å². The number of hydrogen-bond donors (Lipinski definition) is 2. The molecule has 2 heterocycles. The molecule has 3 aromatic rings. The zero-order valence-electron chi connectivity index (χ0n) is 19.4. The summed E-state index contributed by atoms with van der Waals surface area (Å²) >= 11 is 12.2. The van der Waals surface area contributed by atoms with Crippen LogP contribution in [0.15, 0.2) is 36.5 Å². The molecule has 0 unspecified atom stereocenters. The molecule has 37 heavy (non-hydrogen) atoms. The second kappa shape index (κ2) is 10.9. The average molecular weight is 561 g/mol. The molecule has 1 aliphatic rings. The summed E-state index contributed by atoms with van der Waals surface area (Å²) in [5.74, 6) is -5.08. The molecular formula is C23H21Cl2F3N4O5. The Morgan fingerprint density at radius 1 is 1.22 bits per heavy atom. The van der Waals surface area contributed by atoms with E-state index >= 15 is 0 Å². The number of aromatic nitrogens is 3. The second-order valence-corrected chi connectivity index (χ2v) is 9.13. The Kier molecular flexibility index (Phi) is 8.07. The minimum absolute atomic E-state index is 0.0418. The van der Waals surface area contributed by atoms with Crippen LogP contribution in [0, 0.1) is 17.5 Å². The lowest BCUT2D eigenvalue weighted by Crippen LogP contribution is -2.60. The first-order valence-corrected chi connectivity index (χ1v) is 11.6. The van der Waals surface area contributed by atoms with E-state index in [-0.39, 0.29) is 16.3 Å². The third-order valence-electron chi connectivity index (χ3n) is 6.08. The van der Waals surface area contributed by atoms with Gasteiger partial charge in [0.1, 0.15) is 30.0 Å². The predicted octanol–water partition coefficient (Wildman–Crippen LogP) is 3.01. The van der Waals surface area contributed by atoms with Crippen LogP contribution in [0.4, 0.5) is 18.9 Å². The Labute approximate surface area is 218 Å². The van der Waals surface area contributed by atoms with Crippen molar-refractivity contribution in [2.75, 3.05) is 25.7 Å². The van der Waals surface area contributed by atoms with E-state index in [0.29, 0.717) is 10.7 Å². The lowest BCUT2D eigenvalue weighted by Gasteiger charge is -2.43. The summed E-state index contributed by atoms with van der Waals surface area (Å²) < 4.78 is 53.2. The van der Waals surface area contributed by atoms with Crippen LogP contribution < -0.4 is 4.90 Å². The van der Waals surface area contributed by atoms with Crippen LogP contribution in [-0.4, -0.2) is 76.3 Å². The Bertz CT molecular complexity index is 1290. The summed E-state index contributed by atoms with van der Waals surface area (Å²) in [5.41, 5.74) is 0.169. The molecule has 4 rings (SSSR count). The van der Waals surface area contributed by atoms with Crippen LogP contribution in [0.2, 0.25) is 10.0 Å². The number of rotatable bonds is 6. The topological polar surface area (TPSA) is 110 Å². The van der Waals surface area contributed by atoms with Gasteiger partial charge in [0.2, 0.25) is 0 Å². The highest BCUT2D eigenvalue weighted by molar-refractivity contribution is 6.36. The zero-order valence-corrected chi connectivity index (χ0v) is 20.9. The molecule has 1 saturated heterocycles. The summed E-state index contributed by atoms with van der Waals surface area (Å²) in [4.78, 5) is 14.7. The molecule has 0 aliphatic carbocycles. The van der Waals surface area contributed by atoms with Crippen molar-refractivity contribution in [1.29, 1.82) is 0 Å². The van der Waals surface area contributed by atoms with E-state index in [1.807, 2.05) is 0 Å². The predicted molar refractivity (Wildman–Crippen MR) is 127 cm³/mol. The number of nitrogens with zero attached hydrogens (tertiary/aromatic N) is 4. The van der Waals surface area contributed by atoms with E-state index in [0.717, 1.165) is 16.8 Å². The molecule has 1 aliphatic heterocycles. The molecule has 198 valence electrons. The number of aliphatic hydroxyl groups excluding tert-OH is 2.